The molecule has 9 nitrogen and oxygen atoms in total. The molecule has 2 aromatic heterocycles. The second-order valence-corrected chi connectivity index (χ2v) is 12.3. The first-order chi connectivity index (χ1) is 22.7. The number of nitrogens with zero attached hydrogens (tertiary/aromatic N) is 1. The summed E-state index contributed by atoms with van der Waals surface area (Å²) in [4.78, 5) is 47.6. The van der Waals surface area contributed by atoms with Crippen LogP contribution in [-0.4, -0.2) is 66.4 Å². The Balaban J connectivity index is 1.27. The van der Waals surface area contributed by atoms with Gasteiger partial charge >= 0.3 is 0 Å². The van der Waals surface area contributed by atoms with Crippen molar-refractivity contribution in [1.82, 2.24) is 25.5 Å². The van der Waals surface area contributed by atoms with Crippen molar-refractivity contribution >= 4 is 39.5 Å². The summed E-state index contributed by atoms with van der Waals surface area (Å²) >= 11 is 0. The number of carbonyl (C=O) groups is 3. The average Bonchev–Trinajstić information content (AvgIpc) is 3.60. The molecular weight excluding hydrogens is 590 g/mol. The van der Waals surface area contributed by atoms with Crippen LogP contribution in [0.1, 0.15) is 48.9 Å². The van der Waals surface area contributed by atoms with Crippen molar-refractivity contribution in [3.05, 3.63) is 89.6 Å². The number of hydrogen-bond donors (Lipinski definition) is 4. The number of benzene rings is 3. The molecule has 0 unspecified atom stereocenters. The molecule has 4 N–H and O–H groups in total. The van der Waals surface area contributed by atoms with Gasteiger partial charge in [-0.05, 0) is 67.1 Å². The number of hydrogen-bond acceptors (Lipinski definition) is 4. The zero-order chi connectivity index (χ0) is 33.3. The van der Waals surface area contributed by atoms with Crippen LogP contribution in [0.4, 0.5) is 0 Å². The van der Waals surface area contributed by atoms with Gasteiger partial charge in [-0.25, -0.2) is 0 Å². The third kappa shape index (κ3) is 8.22. The molecule has 0 fully saturated rings. The van der Waals surface area contributed by atoms with Crippen molar-refractivity contribution in [2.75, 3.05) is 27.7 Å². The molecular formula is C38H45N5O4. The molecule has 0 spiro atoms. The smallest absolute Gasteiger partial charge is 0.242 e. The molecule has 0 radical (unpaired) electrons. The van der Waals surface area contributed by atoms with Gasteiger partial charge in [0.2, 0.25) is 17.7 Å². The van der Waals surface area contributed by atoms with Gasteiger partial charge in [-0.1, -0.05) is 61.4 Å². The second kappa shape index (κ2) is 15.5. The van der Waals surface area contributed by atoms with E-state index in [0.717, 1.165) is 62.7 Å². The van der Waals surface area contributed by atoms with E-state index in [2.05, 4.69) is 44.9 Å². The molecule has 9 heteroatoms. The Morgan fingerprint density at radius 3 is 2.36 bits per heavy atom. The first-order valence-corrected chi connectivity index (χ1v) is 16.3. The van der Waals surface area contributed by atoms with E-state index in [1.807, 2.05) is 55.5 Å². The number of para-hydroxylation sites is 1. The predicted molar refractivity (Wildman–Crippen MR) is 187 cm³/mol. The quantitative estimate of drug-likeness (QED) is 0.105. The highest BCUT2D eigenvalue weighted by Crippen LogP contribution is 2.31. The Morgan fingerprint density at radius 2 is 1.60 bits per heavy atom. The number of ether oxygens (including phenoxy) is 1. The van der Waals surface area contributed by atoms with Crippen LogP contribution >= 0.6 is 0 Å². The standard InChI is InChI=1S/C38H45N5O4/c1-25-30(31-23-27(47-4)19-20-33(31)40-25)24-35(44)41-34(17-9-6-10-18-36(45)43(2)3)38(46)39-22-21-29-28-15-11-12-16-32(28)42-37(29)26-13-7-5-8-14-26/h5,7-8,11-16,19-20,23,34,40,42H,6,9-10,17-18,21-22,24H2,1-4H3,(H,39,46)(H,41,44)/t34-/m0/s1. The molecule has 0 saturated carbocycles. The summed E-state index contributed by atoms with van der Waals surface area (Å²) < 4.78 is 5.41. The summed E-state index contributed by atoms with van der Waals surface area (Å²) in [6, 6.07) is 23.4. The zero-order valence-corrected chi connectivity index (χ0v) is 27.7. The van der Waals surface area contributed by atoms with E-state index in [1.54, 1.807) is 26.1 Å². The van der Waals surface area contributed by atoms with Gasteiger partial charge in [-0.2, -0.15) is 0 Å². The van der Waals surface area contributed by atoms with Crippen molar-refractivity contribution in [2.45, 2.75) is 57.9 Å². The van der Waals surface area contributed by atoms with E-state index < -0.39 is 6.04 Å². The van der Waals surface area contributed by atoms with Crippen molar-refractivity contribution in [1.29, 1.82) is 0 Å². The normalized spacial score (nSPS) is 11.8. The van der Waals surface area contributed by atoms with Crippen molar-refractivity contribution in [3.8, 4) is 17.0 Å². The topological polar surface area (TPSA) is 119 Å². The van der Waals surface area contributed by atoms with Crippen LogP contribution in [-0.2, 0) is 27.2 Å². The Bertz CT molecular complexity index is 1840. The minimum atomic E-state index is -0.691. The lowest BCUT2D eigenvalue weighted by molar-refractivity contribution is -0.129. The van der Waals surface area contributed by atoms with Crippen LogP contribution in [0.2, 0.25) is 0 Å². The Kier molecular flexibility index (Phi) is 11.0. The molecule has 0 aliphatic carbocycles. The lowest BCUT2D eigenvalue weighted by Gasteiger charge is -2.19. The number of unbranched alkanes of at least 4 members (excludes halogenated alkanes) is 2. The third-order valence-electron chi connectivity index (χ3n) is 8.75. The summed E-state index contributed by atoms with van der Waals surface area (Å²) in [6.07, 6.45) is 3.95. The third-order valence-corrected chi connectivity index (χ3v) is 8.75. The molecule has 47 heavy (non-hydrogen) atoms. The van der Waals surface area contributed by atoms with Crippen LogP contribution in [0.3, 0.4) is 0 Å². The molecule has 5 rings (SSSR count). The Hall–Kier alpha value is -5.05. The largest absolute Gasteiger partial charge is 0.497 e. The minimum absolute atomic E-state index is 0.0884. The molecule has 0 aliphatic heterocycles. The fraction of sp³-hybridized carbons (Fsp3) is 0.342. The first-order valence-electron chi connectivity index (χ1n) is 16.3. The highest BCUT2D eigenvalue weighted by Gasteiger charge is 2.23. The SMILES string of the molecule is COc1ccc2[nH]c(C)c(CC(=O)N[C@@H](CCCCCC(=O)N(C)C)C(=O)NCCc3c(-c4ccccc4)[nH]c4ccccc34)c2c1. The van der Waals surface area contributed by atoms with Gasteiger partial charge in [-0.15, -0.1) is 0 Å². The summed E-state index contributed by atoms with van der Waals surface area (Å²) in [6.45, 7) is 2.37. The van der Waals surface area contributed by atoms with Gasteiger partial charge in [0.15, 0.2) is 0 Å². The molecule has 1 atom stereocenters. The molecule has 0 bridgehead atoms. The van der Waals surface area contributed by atoms with Gasteiger partial charge in [0.05, 0.1) is 13.5 Å². The summed E-state index contributed by atoms with van der Waals surface area (Å²) in [7, 11) is 5.12. The number of aromatic amines is 2. The maximum absolute atomic E-state index is 13.6. The summed E-state index contributed by atoms with van der Waals surface area (Å²) in [5.41, 5.74) is 7.05. The number of methoxy groups -OCH3 is 1. The number of carbonyl (C=O) groups excluding carboxylic acids is 3. The number of aromatic nitrogens is 2. The number of rotatable bonds is 15. The minimum Gasteiger partial charge on any atom is -0.497 e. The van der Waals surface area contributed by atoms with E-state index in [1.165, 1.54) is 0 Å². The van der Waals surface area contributed by atoms with Crippen LogP contribution in [0.15, 0.2) is 72.8 Å². The van der Waals surface area contributed by atoms with E-state index in [4.69, 9.17) is 4.74 Å². The molecule has 3 amide bonds. The van der Waals surface area contributed by atoms with Crippen LogP contribution in [0.25, 0.3) is 33.1 Å². The van der Waals surface area contributed by atoms with Gasteiger partial charge in [0.25, 0.3) is 0 Å². The lowest BCUT2D eigenvalue weighted by Crippen LogP contribution is -2.47. The monoisotopic (exact) mass is 635 g/mol. The van der Waals surface area contributed by atoms with E-state index in [-0.39, 0.29) is 24.1 Å². The number of aryl methyl sites for hydroxylation is 1. The first kappa shape index (κ1) is 33.3. The maximum atomic E-state index is 13.6. The Labute approximate surface area is 276 Å². The van der Waals surface area contributed by atoms with Gasteiger partial charge in [0.1, 0.15) is 11.8 Å². The maximum Gasteiger partial charge on any atom is 0.242 e. The van der Waals surface area contributed by atoms with Crippen LogP contribution < -0.4 is 15.4 Å². The van der Waals surface area contributed by atoms with Crippen molar-refractivity contribution < 1.29 is 19.1 Å². The number of H-pyrrole nitrogens is 2. The van der Waals surface area contributed by atoms with E-state index in [0.29, 0.717) is 38.0 Å². The summed E-state index contributed by atoms with van der Waals surface area (Å²) in [5.74, 6) is 0.378. The fourth-order valence-electron chi connectivity index (χ4n) is 6.16. The highest BCUT2D eigenvalue weighted by molar-refractivity contribution is 5.94. The van der Waals surface area contributed by atoms with Gasteiger partial charge in [-0.3, -0.25) is 14.4 Å². The van der Waals surface area contributed by atoms with Crippen LogP contribution in [0, 0.1) is 6.92 Å². The molecule has 5 aromatic rings. The second-order valence-electron chi connectivity index (χ2n) is 12.3. The fourth-order valence-corrected chi connectivity index (χ4v) is 6.16. The van der Waals surface area contributed by atoms with Gasteiger partial charge < -0.3 is 30.2 Å². The summed E-state index contributed by atoms with van der Waals surface area (Å²) in [5, 5.41) is 8.19. The predicted octanol–water partition coefficient (Wildman–Crippen LogP) is 6.06. The zero-order valence-electron chi connectivity index (χ0n) is 27.7. The van der Waals surface area contributed by atoms with E-state index in [9.17, 15) is 14.4 Å². The Morgan fingerprint density at radius 1 is 0.851 bits per heavy atom. The van der Waals surface area contributed by atoms with E-state index >= 15 is 0 Å². The molecule has 246 valence electrons. The molecule has 3 aromatic carbocycles. The molecule has 0 aliphatic rings. The van der Waals surface area contributed by atoms with Crippen molar-refractivity contribution in [2.24, 2.45) is 0 Å². The number of amides is 3. The van der Waals surface area contributed by atoms with Crippen molar-refractivity contribution in [3.63, 3.8) is 0 Å². The highest BCUT2D eigenvalue weighted by atomic mass is 16.5. The average molecular weight is 636 g/mol. The number of nitrogens with one attached hydrogen (secondary N) is 4. The lowest BCUT2D eigenvalue weighted by atomic mass is 10.0. The van der Waals surface area contributed by atoms with Crippen LogP contribution in [0.5, 0.6) is 5.75 Å². The van der Waals surface area contributed by atoms with Gasteiger partial charge in [0, 0.05) is 60.3 Å². The molecule has 2 heterocycles. The molecule has 0 saturated heterocycles. The number of fused-ring (bicyclic) bond motifs is 2.